The van der Waals surface area contributed by atoms with E-state index in [0.717, 1.165) is 23.7 Å². The van der Waals surface area contributed by atoms with Crippen molar-refractivity contribution >= 4 is 48.5 Å². The molecule has 130 valence electrons. The summed E-state index contributed by atoms with van der Waals surface area (Å²) in [4.78, 5) is 21.4. The van der Waals surface area contributed by atoms with Gasteiger partial charge in [0.05, 0.1) is 10.2 Å². The van der Waals surface area contributed by atoms with E-state index in [1.165, 1.54) is 15.8 Å². The Morgan fingerprint density at radius 1 is 1.16 bits per heavy atom. The number of carbonyl (C=O) groups excluding carboxylic acids is 1. The van der Waals surface area contributed by atoms with Crippen LogP contribution in [0.25, 0.3) is 10.2 Å². The number of hydrogen-bond donors (Lipinski definition) is 0. The van der Waals surface area contributed by atoms with Gasteiger partial charge in [0.1, 0.15) is 0 Å². The first-order chi connectivity index (χ1) is 12.0. The third kappa shape index (κ3) is 3.06. The highest BCUT2D eigenvalue weighted by Gasteiger charge is 2.25. The molecule has 1 aromatic carbocycles. The minimum Gasteiger partial charge on any atom is -0.444 e. The second kappa shape index (κ2) is 6.46. The van der Waals surface area contributed by atoms with Crippen LogP contribution in [0.3, 0.4) is 0 Å². The molecule has 0 saturated carbocycles. The van der Waals surface area contributed by atoms with E-state index in [-0.39, 0.29) is 5.91 Å². The van der Waals surface area contributed by atoms with Crippen LogP contribution < -0.4 is 4.90 Å². The Hall–Kier alpha value is -1.86. The Bertz CT molecular complexity index is 941. The van der Waals surface area contributed by atoms with Crippen LogP contribution in [0.5, 0.6) is 0 Å². The summed E-state index contributed by atoms with van der Waals surface area (Å²) >= 11 is 4.96. The average Bonchev–Trinajstić information content (AvgIpc) is 3.24. The largest absolute Gasteiger partial charge is 0.444 e. The van der Waals surface area contributed by atoms with Crippen LogP contribution in [0, 0.1) is 13.8 Å². The third-order valence-corrected chi connectivity index (χ3v) is 6.20. The number of piperazine rings is 1. The second-order valence-electron chi connectivity index (χ2n) is 6.23. The van der Waals surface area contributed by atoms with Gasteiger partial charge in [-0.25, -0.2) is 4.98 Å². The maximum atomic E-state index is 12.5. The SMILES string of the molecule is Cc1ccc2sc(N3CCN(C(=O)c4ccc(Br)o4)CC3)nc2c1C. The molecule has 1 amide bonds. The highest BCUT2D eigenvalue weighted by atomic mass is 79.9. The monoisotopic (exact) mass is 419 g/mol. The Morgan fingerprint density at radius 2 is 1.92 bits per heavy atom. The molecule has 0 radical (unpaired) electrons. The minimum absolute atomic E-state index is 0.0545. The van der Waals surface area contributed by atoms with Crippen molar-refractivity contribution in [2.45, 2.75) is 13.8 Å². The number of aromatic nitrogens is 1. The summed E-state index contributed by atoms with van der Waals surface area (Å²) in [5.74, 6) is 0.326. The fraction of sp³-hybridized carbons (Fsp3) is 0.333. The first-order valence-corrected chi connectivity index (χ1v) is 9.80. The third-order valence-electron chi connectivity index (χ3n) is 4.69. The Balaban J connectivity index is 1.48. The highest BCUT2D eigenvalue weighted by Crippen LogP contribution is 2.32. The van der Waals surface area contributed by atoms with Crippen LogP contribution in [0.1, 0.15) is 21.7 Å². The summed E-state index contributed by atoms with van der Waals surface area (Å²) in [6.07, 6.45) is 0. The van der Waals surface area contributed by atoms with Gasteiger partial charge in [-0.05, 0) is 59.1 Å². The van der Waals surface area contributed by atoms with E-state index in [0.29, 0.717) is 23.5 Å². The van der Waals surface area contributed by atoms with Crippen LogP contribution in [0.15, 0.2) is 33.4 Å². The lowest BCUT2D eigenvalue weighted by atomic mass is 10.1. The number of thiazole rings is 1. The van der Waals surface area contributed by atoms with Crippen molar-refractivity contribution in [3.05, 3.63) is 45.8 Å². The first-order valence-electron chi connectivity index (χ1n) is 8.19. The molecule has 5 nitrogen and oxygen atoms in total. The van der Waals surface area contributed by atoms with Crippen molar-refractivity contribution in [1.82, 2.24) is 9.88 Å². The number of anilines is 1. The zero-order chi connectivity index (χ0) is 17.6. The number of halogens is 1. The topological polar surface area (TPSA) is 49.6 Å². The maximum absolute atomic E-state index is 12.5. The van der Waals surface area contributed by atoms with Crippen LogP contribution >= 0.6 is 27.3 Å². The Labute approximate surface area is 158 Å². The molecule has 0 aliphatic carbocycles. The molecule has 0 N–H and O–H groups in total. The molecule has 25 heavy (non-hydrogen) atoms. The predicted octanol–water partition coefficient (Wildman–Crippen LogP) is 4.23. The van der Waals surface area contributed by atoms with Gasteiger partial charge >= 0.3 is 0 Å². The van der Waals surface area contributed by atoms with Gasteiger partial charge in [-0.3, -0.25) is 4.79 Å². The van der Waals surface area contributed by atoms with Gasteiger partial charge in [-0.2, -0.15) is 0 Å². The lowest BCUT2D eigenvalue weighted by Gasteiger charge is -2.34. The molecule has 1 saturated heterocycles. The molecule has 2 aromatic heterocycles. The number of benzene rings is 1. The Kier molecular flexibility index (Phi) is 4.29. The minimum atomic E-state index is -0.0545. The van der Waals surface area contributed by atoms with Gasteiger partial charge in [-0.15, -0.1) is 0 Å². The van der Waals surface area contributed by atoms with Crippen LogP contribution in [-0.4, -0.2) is 42.0 Å². The molecule has 7 heteroatoms. The number of aryl methyl sites for hydroxylation is 2. The molecule has 3 aromatic rings. The van der Waals surface area contributed by atoms with Gasteiger partial charge in [0.25, 0.3) is 5.91 Å². The summed E-state index contributed by atoms with van der Waals surface area (Å²) in [6, 6.07) is 7.75. The molecule has 1 fully saturated rings. The first kappa shape index (κ1) is 16.6. The van der Waals surface area contributed by atoms with E-state index in [2.05, 4.69) is 46.8 Å². The zero-order valence-corrected chi connectivity index (χ0v) is 16.5. The van der Waals surface area contributed by atoms with Gasteiger partial charge in [0.15, 0.2) is 15.6 Å². The van der Waals surface area contributed by atoms with Crippen molar-refractivity contribution in [3.8, 4) is 0 Å². The summed E-state index contributed by atoms with van der Waals surface area (Å²) in [7, 11) is 0. The summed E-state index contributed by atoms with van der Waals surface area (Å²) in [6.45, 7) is 7.15. The van der Waals surface area contributed by atoms with Crippen molar-refractivity contribution in [1.29, 1.82) is 0 Å². The van der Waals surface area contributed by atoms with Crippen molar-refractivity contribution < 1.29 is 9.21 Å². The predicted molar refractivity (Wildman–Crippen MR) is 104 cm³/mol. The average molecular weight is 420 g/mol. The fourth-order valence-electron chi connectivity index (χ4n) is 3.04. The molecule has 0 atom stereocenters. The second-order valence-corrected chi connectivity index (χ2v) is 8.02. The van der Waals surface area contributed by atoms with Gasteiger partial charge < -0.3 is 14.2 Å². The smallest absolute Gasteiger partial charge is 0.289 e. The van der Waals surface area contributed by atoms with Crippen molar-refractivity contribution in [3.63, 3.8) is 0 Å². The molecule has 1 aliphatic rings. The zero-order valence-electron chi connectivity index (χ0n) is 14.1. The van der Waals surface area contributed by atoms with E-state index in [1.54, 1.807) is 23.5 Å². The summed E-state index contributed by atoms with van der Waals surface area (Å²) in [5, 5.41) is 1.04. The molecule has 0 spiro atoms. The number of carbonyl (C=O) groups is 1. The van der Waals surface area contributed by atoms with E-state index in [9.17, 15) is 4.79 Å². The molecule has 1 aliphatic heterocycles. The fourth-order valence-corrected chi connectivity index (χ4v) is 4.42. The van der Waals surface area contributed by atoms with Crippen LogP contribution in [0.2, 0.25) is 0 Å². The molecule has 0 unspecified atom stereocenters. The molecule has 3 heterocycles. The number of furan rings is 1. The molecular formula is C18H18BrN3O2S. The van der Waals surface area contributed by atoms with Crippen LogP contribution in [-0.2, 0) is 0 Å². The van der Waals surface area contributed by atoms with E-state index in [1.807, 2.05) is 4.90 Å². The quantitative estimate of drug-likeness (QED) is 0.623. The molecule has 4 rings (SSSR count). The number of rotatable bonds is 2. The Morgan fingerprint density at radius 3 is 2.60 bits per heavy atom. The maximum Gasteiger partial charge on any atom is 0.289 e. The molecule has 0 bridgehead atoms. The van der Waals surface area contributed by atoms with Gasteiger partial charge in [-0.1, -0.05) is 17.4 Å². The van der Waals surface area contributed by atoms with Crippen molar-refractivity contribution in [2.24, 2.45) is 0 Å². The van der Waals surface area contributed by atoms with Crippen molar-refractivity contribution in [2.75, 3.05) is 31.1 Å². The number of fused-ring (bicyclic) bond motifs is 1. The van der Waals surface area contributed by atoms with Gasteiger partial charge in [0.2, 0.25) is 0 Å². The summed E-state index contributed by atoms with van der Waals surface area (Å²) < 4.78 is 7.17. The highest BCUT2D eigenvalue weighted by molar-refractivity contribution is 9.10. The number of amides is 1. The number of hydrogen-bond acceptors (Lipinski definition) is 5. The summed E-state index contributed by atoms with van der Waals surface area (Å²) in [5.41, 5.74) is 3.61. The van der Waals surface area contributed by atoms with Gasteiger partial charge in [0, 0.05) is 26.2 Å². The number of nitrogens with zero attached hydrogens (tertiary/aromatic N) is 3. The standard InChI is InChI=1S/C18H18BrN3O2S/c1-11-3-5-14-16(12(11)2)20-18(25-14)22-9-7-21(8-10-22)17(23)13-4-6-15(19)24-13/h3-6H,7-10H2,1-2H3. The van der Waals surface area contributed by atoms with Crippen LogP contribution in [0.4, 0.5) is 5.13 Å². The normalized spacial score (nSPS) is 15.2. The van der Waals surface area contributed by atoms with E-state index in [4.69, 9.17) is 9.40 Å². The van der Waals surface area contributed by atoms with E-state index >= 15 is 0 Å². The molecular weight excluding hydrogens is 402 g/mol. The lowest BCUT2D eigenvalue weighted by Crippen LogP contribution is -2.48. The lowest BCUT2D eigenvalue weighted by molar-refractivity contribution is 0.0713. The van der Waals surface area contributed by atoms with E-state index < -0.39 is 0 Å².